The van der Waals surface area contributed by atoms with Crippen molar-refractivity contribution in [2.75, 3.05) is 0 Å². The first-order valence-electron chi connectivity index (χ1n) is 4.10. The van der Waals surface area contributed by atoms with Gasteiger partial charge in [-0.25, -0.2) is 15.0 Å². The molecule has 0 saturated heterocycles. The molecule has 3 rings (SSSR count). The van der Waals surface area contributed by atoms with Gasteiger partial charge in [0, 0.05) is 13.2 Å². The van der Waals surface area contributed by atoms with Gasteiger partial charge in [0.1, 0.15) is 16.1 Å². The molecule has 0 spiro atoms. The summed E-state index contributed by atoms with van der Waals surface area (Å²) in [7, 11) is 1.93. The van der Waals surface area contributed by atoms with Gasteiger partial charge in [-0.1, -0.05) is 0 Å². The maximum Gasteiger partial charge on any atom is 0.223 e. The lowest BCUT2D eigenvalue weighted by molar-refractivity contribution is 0.932. The number of aryl methyl sites for hydroxylation is 1. The zero-order valence-electron chi connectivity index (χ0n) is 7.53. The standard InChI is InChI=1S/C8H4BrClN4S/c1-14-2-3-4(12-8(10)11-3)5-6(14)13-7(9)15-5/h2H,1H3. The Morgan fingerprint density at radius 2 is 2.20 bits per heavy atom. The highest BCUT2D eigenvalue weighted by Crippen LogP contribution is 2.35. The molecule has 3 heterocycles. The van der Waals surface area contributed by atoms with E-state index in [0.29, 0.717) is 0 Å². The number of hydrogen-bond acceptors (Lipinski definition) is 4. The SMILES string of the molecule is Cn1cc2nc(Cl)nc-2c2sc(Br)nc21. The summed E-state index contributed by atoms with van der Waals surface area (Å²) in [5, 5.41) is 0.280. The third-order valence-electron chi connectivity index (χ3n) is 2.11. The van der Waals surface area contributed by atoms with Crippen LogP contribution in [0.1, 0.15) is 0 Å². The molecule has 0 N–H and O–H groups in total. The van der Waals surface area contributed by atoms with Crippen LogP contribution in [-0.2, 0) is 7.05 Å². The highest BCUT2D eigenvalue weighted by Gasteiger charge is 2.18. The van der Waals surface area contributed by atoms with Crippen molar-refractivity contribution in [2.24, 2.45) is 7.05 Å². The van der Waals surface area contributed by atoms with Crippen LogP contribution in [-0.4, -0.2) is 19.5 Å². The predicted molar refractivity (Wildman–Crippen MR) is 63.5 cm³/mol. The minimum Gasteiger partial charge on any atom is -0.333 e. The Morgan fingerprint density at radius 1 is 1.40 bits per heavy atom. The van der Waals surface area contributed by atoms with Crippen LogP contribution in [0.2, 0.25) is 5.28 Å². The van der Waals surface area contributed by atoms with Crippen molar-refractivity contribution in [2.45, 2.75) is 0 Å². The number of hydrogen-bond donors (Lipinski definition) is 0. The van der Waals surface area contributed by atoms with Crippen molar-refractivity contribution in [1.82, 2.24) is 19.5 Å². The summed E-state index contributed by atoms with van der Waals surface area (Å²) in [6.45, 7) is 0. The molecule has 0 aromatic carbocycles. The van der Waals surface area contributed by atoms with E-state index in [-0.39, 0.29) is 5.28 Å². The maximum absolute atomic E-state index is 5.78. The van der Waals surface area contributed by atoms with Gasteiger partial charge >= 0.3 is 0 Å². The quantitative estimate of drug-likeness (QED) is 0.641. The summed E-state index contributed by atoms with van der Waals surface area (Å²) in [6, 6.07) is 0. The monoisotopic (exact) mass is 302 g/mol. The molecular formula is C8H4BrClN4S. The number of pyridine rings is 1. The molecule has 0 amide bonds. The van der Waals surface area contributed by atoms with Crippen molar-refractivity contribution >= 4 is 49.2 Å². The van der Waals surface area contributed by atoms with Crippen molar-refractivity contribution in [3.05, 3.63) is 15.4 Å². The molecule has 0 radical (unpaired) electrons. The maximum atomic E-state index is 5.78. The summed E-state index contributed by atoms with van der Waals surface area (Å²) in [5.41, 5.74) is 2.50. The predicted octanol–water partition coefficient (Wildman–Crippen LogP) is 2.95. The van der Waals surface area contributed by atoms with Crippen LogP contribution in [0.4, 0.5) is 0 Å². The van der Waals surface area contributed by atoms with Gasteiger partial charge in [-0.05, 0) is 27.5 Å². The second kappa shape index (κ2) is 3.13. The Balaban J connectivity index is 2.55. The molecule has 76 valence electrons. The van der Waals surface area contributed by atoms with Gasteiger partial charge in [-0.2, -0.15) is 0 Å². The third kappa shape index (κ3) is 1.36. The van der Waals surface area contributed by atoms with Gasteiger partial charge < -0.3 is 4.57 Å². The molecule has 2 aliphatic rings. The summed E-state index contributed by atoms with van der Waals surface area (Å²) in [5.74, 6) is 0. The van der Waals surface area contributed by atoms with Gasteiger partial charge in [-0.15, -0.1) is 11.3 Å². The number of imidazole rings is 1. The Morgan fingerprint density at radius 3 is 3.00 bits per heavy atom. The molecule has 0 fully saturated rings. The van der Waals surface area contributed by atoms with E-state index in [2.05, 4.69) is 30.9 Å². The lowest BCUT2D eigenvalue weighted by Crippen LogP contribution is -1.95. The normalized spacial score (nSPS) is 11.7. The van der Waals surface area contributed by atoms with E-state index in [1.54, 1.807) is 0 Å². The fourth-order valence-corrected chi connectivity index (χ4v) is 3.17. The fourth-order valence-electron chi connectivity index (χ4n) is 1.51. The van der Waals surface area contributed by atoms with E-state index >= 15 is 0 Å². The zero-order valence-corrected chi connectivity index (χ0v) is 10.7. The number of aromatic nitrogens is 4. The first-order valence-corrected chi connectivity index (χ1v) is 6.08. The molecule has 4 nitrogen and oxygen atoms in total. The van der Waals surface area contributed by atoms with Crippen LogP contribution >= 0.6 is 38.9 Å². The molecule has 15 heavy (non-hydrogen) atoms. The summed E-state index contributed by atoms with van der Waals surface area (Å²) >= 11 is 10.7. The third-order valence-corrected chi connectivity index (χ3v) is 3.78. The van der Waals surface area contributed by atoms with E-state index in [4.69, 9.17) is 11.6 Å². The van der Waals surface area contributed by atoms with Crippen LogP contribution in [0.15, 0.2) is 10.1 Å². The minimum atomic E-state index is 0.280. The number of fused-ring (bicyclic) bond motifs is 3. The fraction of sp³-hybridized carbons (Fsp3) is 0.125. The van der Waals surface area contributed by atoms with Crippen molar-refractivity contribution in [3.8, 4) is 11.4 Å². The Labute approximate surface area is 102 Å². The van der Waals surface area contributed by atoms with Gasteiger partial charge in [-0.3, -0.25) is 0 Å². The van der Waals surface area contributed by atoms with E-state index in [1.165, 1.54) is 11.3 Å². The van der Waals surface area contributed by atoms with Crippen LogP contribution in [0, 0.1) is 0 Å². The van der Waals surface area contributed by atoms with Crippen LogP contribution in [0.25, 0.3) is 21.7 Å². The molecule has 1 aromatic rings. The lowest BCUT2D eigenvalue weighted by Gasteiger charge is -2.02. The highest BCUT2D eigenvalue weighted by molar-refractivity contribution is 9.11. The lowest BCUT2D eigenvalue weighted by atomic mass is 10.3. The highest BCUT2D eigenvalue weighted by atomic mass is 79.9. The average Bonchev–Trinajstić information content (AvgIpc) is 2.68. The summed E-state index contributed by atoms with van der Waals surface area (Å²) in [6.07, 6.45) is 1.88. The van der Waals surface area contributed by atoms with Crippen LogP contribution in [0.5, 0.6) is 0 Å². The van der Waals surface area contributed by atoms with Gasteiger partial charge in [0.2, 0.25) is 5.28 Å². The largest absolute Gasteiger partial charge is 0.333 e. The van der Waals surface area contributed by atoms with Crippen LogP contribution < -0.4 is 0 Å². The second-order valence-electron chi connectivity index (χ2n) is 3.09. The molecule has 1 aromatic heterocycles. The van der Waals surface area contributed by atoms with Crippen molar-refractivity contribution in [3.63, 3.8) is 0 Å². The van der Waals surface area contributed by atoms with E-state index in [0.717, 1.165) is 25.7 Å². The topological polar surface area (TPSA) is 43.6 Å². The smallest absolute Gasteiger partial charge is 0.223 e. The number of thiazole rings is 1. The zero-order chi connectivity index (χ0) is 10.6. The number of rotatable bonds is 0. The molecule has 0 bridgehead atoms. The first-order chi connectivity index (χ1) is 7.15. The molecule has 0 unspecified atom stereocenters. The van der Waals surface area contributed by atoms with Gasteiger partial charge in [0.15, 0.2) is 9.56 Å². The molecule has 7 heteroatoms. The second-order valence-corrected chi connectivity index (χ2v) is 5.70. The van der Waals surface area contributed by atoms with E-state index < -0.39 is 0 Å². The van der Waals surface area contributed by atoms with Crippen molar-refractivity contribution in [1.29, 1.82) is 0 Å². The summed E-state index contributed by atoms with van der Waals surface area (Å²) in [4.78, 5) is 12.7. The average molecular weight is 304 g/mol. The Hall–Kier alpha value is -0.720. The molecular weight excluding hydrogens is 300 g/mol. The molecule has 0 atom stereocenters. The minimum absolute atomic E-state index is 0.280. The molecule has 0 saturated carbocycles. The Bertz CT molecular complexity index is 631. The molecule has 0 aliphatic carbocycles. The Kier molecular flexibility index (Phi) is 1.99. The number of halogens is 2. The molecule has 2 aliphatic heterocycles. The number of nitrogens with zero attached hydrogens (tertiary/aromatic N) is 4. The van der Waals surface area contributed by atoms with E-state index in [9.17, 15) is 0 Å². The summed E-state index contributed by atoms with van der Waals surface area (Å²) < 4.78 is 3.75. The first kappa shape index (κ1) is 9.50. The van der Waals surface area contributed by atoms with E-state index in [1.807, 2.05) is 17.8 Å². The van der Waals surface area contributed by atoms with Crippen LogP contribution in [0.3, 0.4) is 0 Å². The van der Waals surface area contributed by atoms with Crippen molar-refractivity contribution < 1.29 is 0 Å². The van der Waals surface area contributed by atoms with Gasteiger partial charge in [0.05, 0.1) is 0 Å². The van der Waals surface area contributed by atoms with Gasteiger partial charge in [0.25, 0.3) is 0 Å².